The molecule has 0 heterocycles. The van der Waals surface area contributed by atoms with E-state index in [-0.39, 0.29) is 11.8 Å². The van der Waals surface area contributed by atoms with E-state index in [0.29, 0.717) is 5.75 Å². The maximum Gasteiger partial charge on any atom is 0.441 e. The van der Waals surface area contributed by atoms with Crippen molar-refractivity contribution in [2.45, 2.75) is 13.0 Å². The van der Waals surface area contributed by atoms with Gasteiger partial charge in [-0.2, -0.15) is 11.8 Å². The van der Waals surface area contributed by atoms with Crippen molar-refractivity contribution in [2.75, 3.05) is 12.0 Å². The molecule has 94 valence electrons. The topological polar surface area (TPSA) is 49.8 Å². The summed E-state index contributed by atoms with van der Waals surface area (Å²) in [5.41, 5.74) is 0. The lowest BCUT2D eigenvalue weighted by Crippen LogP contribution is -2.41. The molecule has 0 aliphatic rings. The lowest BCUT2D eigenvalue weighted by atomic mass is 10.3. The van der Waals surface area contributed by atoms with Crippen LogP contribution in [0.5, 0.6) is 5.75 Å². The molecule has 1 aromatic carbocycles. The van der Waals surface area contributed by atoms with Crippen molar-refractivity contribution < 1.29 is 19.1 Å². The number of rotatable bonds is 5. The second-order valence-corrected chi connectivity index (χ2v) is 4.37. The van der Waals surface area contributed by atoms with Crippen LogP contribution in [-0.4, -0.2) is 34.3 Å². The van der Waals surface area contributed by atoms with Crippen LogP contribution in [0.3, 0.4) is 0 Å². The van der Waals surface area contributed by atoms with Crippen LogP contribution < -0.4 is 4.84 Å². The summed E-state index contributed by atoms with van der Waals surface area (Å²) in [7, 11) is 0. The summed E-state index contributed by atoms with van der Waals surface area (Å²) in [6.07, 6.45) is 0.675. The normalized spacial score (nSPS) is 11.9. The van der Waals surface area contributed by atoms with E-state index in [9.17, 15) is 9.18 Å². The summed E-state index contributed by atoms with van der Waals surface area (Å²) in [5, 5.41) is 9.82. The zero-order chi connectivity index (χ0) is 12.8. The Morgan fingerprint density at radius 1 is 1.65 bits per heavy atom. The predicted octanol–water partition coefficient (Wildman–Crippen LogP) is 2.85. The van der Waals surface area contributed by atoms with Crippen LogP contribution in [0.1, 0.15) is 6.92 Å². The van der Waals surface area contributed by atoms with E-state index in [4.69, 9.17) is 9.94 Å². The summed E-state index contributed by atoms with van der Waals surface area (Å²) >= 11 is 1.51. The average molecular weight is 259 g/mol. The van der Waals surface area contributed by atoms with Gasteiger partial charge < -0.3 is 9.94 Å². The lowest BCUT2D eigenvalue weighted by Gasteiger charge is -2.25. The summed E-state index contributed by atoms with van der Waals surface area (Å²) < 4.78 is 12.9. The Hall–Kier alpha value is -1.43. The third-order valence-electron chi connectivity index (χ3n) is 2.00. The van der Waals surface area contributed by atoms with Crippen molar-refractivity contribution in [3.63, 3.8) is 0 Å². The molecule has 17 heavy (non-hydrogen) atoms. The first kappa shape index (κ1) is 13.6. The van der Waals surface area contributed by atoms with E-state index >= 15 is 0 Å². The number of carbonyl (C=O) groups is 1. The molecule has 0 aliphatic heterocycles. The van der Waals surface area contributed by atoms with E-state index < -0.39 is 11.9 Å². The molecule has 1 atom stereocenters. The maximum absolute atomic E-state index is 12.9. The van der Waals surface area contributed by atoms with Crippen LogP contribution in [0, 0.1) is 5.82 Å². The highest BCUT2D eigenvalue weighted by molar-refractivity contribution is 7.98. The highest BCUT2D eigenvalue weighted by Gasteiger charge is 2.21. The summed E-state index contributed by atoms with van der Waals surface area (Å²) in [6, 6.07) is 5.06. The van der Waals surface area contributed by atoms with E-state index in [2.05, 4.69) is 0 Å². The van der Waals surface area contributed by atoms with Crippen molar-refractivity contribution in [2.24, 2.45) is 0 Å². The first-order valence-electron chi connectivity index (χ1n) is 4.99. The van der Waals surface area contributed by atoms with Gasteiger partial charge in [0, 0.05) is 11.8 Å². The molecular formula is C11H14FNO3S. The number of nitrogens with zero attached hydrogens (tertiary/aromatic N) is 1. The van der Waals surface area contributed by atoms with Crippen molar-refractivity contribution in [1.82, 2.24) is 5.06 Å². The van der Waals surface area contributed by atoms with Gasteiger partial charge in [-0.25, -0.2) is 9.18 Å². The Morgan fingerprint density at radius 3 is 2.88 bits per heavy atom. The van der Waals surface area contributed by atoms with Crippen LogP contribution in [0.2, 0.25) is 0 Å². The molecule has 0 radical (unpaired) electrons. The van der Waals surface area contributed by atoms with Gasteiger partial charge in [-0.1, -0.05) is 6.07 Å². The van der Waals surface area contributed by atoms with E-state index in [1.54, 1.807) is 6.92 Å². The third kappa shape index (κ3) is 4.14. The number of hydrogen-bond acceptors (Lipinski definition) is 3. The third-order valence-corrected chi connectivity index (χ3v) is 2.81. The van der Waals surface area contributed by atoms with Crippen LogP contribution in [0.4, 0.5) is 9.18 Å². The molecule has 1 N–H and O–H groups in total. The van der Waals surface area contributed by atoms with Gasteiger partial charge >= 0.3 is 6.09 Å². The summed E-state index contributed by atoms with van der Waals surface area (Å²) in [5.74, 6) is 0.299. The number of amides is 1. The number of hydroxylamine groups is 2. The van der Waals surface area contributed by atoms with Crippen LogP contribution in [0.25, 0.3) is 0 Å². The monoisotopic (exact) mass is 259 g/mol. The molecule has 1 rings (SSSR count). The van der Waals surface area contributed by atoms with E-state index in [1.807, 2.05) is 6.26 Å². The van der Waals surface area contributed by atoms with Gasteiger partial charge in [-0.05, 0) is 25.3 Å². The zero-order valence-electron chi connectivity index (χ0n) is 9.59. The minimum Gasteiger partial charge on any atom is -0.463 e. The standard InChI is InChI=1S/C11H14FNO3S/c1-8(7-17-2)13(11(14)15)16-10-5-3-4-9(12)6-10/h3-6,8H,7H2,1-2H3,(H,14,15). The fourth-order valence-electron chi connectivity index (χ4n) is 1.26. The van der Waals surface area contributed by atoms with Gasteiger partial charge in [0.05, 0.1) is 6.04 Å². The maximum atomic E-state index is 12.9. The van der Waals surface area contributed by atoms with Crippen molar-refractivity contribution in [3.05, 3.63) is 30.1 Å². The van der Waals surface area contributed by atoms with Gasteiger partial charge in [-0.3, -0.25) is 0 Å². The van der Waals surface area contributed by atoms with Crippen molar-refractivity contribution in [1.29, 1.82) is 0 Å². The molecule has 0 fully saturated rings. The Kier molecular flexibility index (Phi) is 5.09. The molecule has 1 amide bonds. The number of benzene rings is 1. The summed E-state index contributed by atoms with van der Waals surface area (Å²) in [6.45, 7) is 1.73. The van der Waals surface area contributed by atoms with Crippen molar-refractivity contribution in [3.8, 4) is 5.75 Å². The second kappa shape index (κ2) is 6.34. The highest BCUT2D eigenvalue weighted by atomic mass is 32.2. The first-order chi connectivity index (χ1) is 8.04. The first-order valence-corrected chi connectivity index (χ1v) is 6.38. The fraction of sp³-hybridized carbons (Fsp3) is 0.364. The number of thioether (sulfide) groups is 1. The lowest BCUT2D eigenvalue weighted by molar-refractivity contribution is -0.0576. The molecule has 0 bridgehead atoms. The van der Waals surface area contributed by atoms with Crippen LogP contribution >= 0.6 is 11.8 Å². The molecule has 6 heteroatoms. The van der Waals surface area contributed by atoms with Gasteiger partial charge in [0.25, 0.3) is 0 Å². The van der Waals surface area contributed by atoms with E-state index in [0.717, 1.165) is 11.1 Å². The highest BCUT2D eigenvalue weighted by Crippen LogP contribution is 2.16. The smallest absolute Gasteiger partial charge is 0.441 e. The van der Waals surface area contributed by atoms with Gasteiger partial charge in [0.2, 0.25) is 0 Å². The van der Waals surface area contributed by atoms with E-state index in [1.165, 1.54) is 30.0 Å². The van der Waals surface area contributed by atoms with Crippen LogP contribution in [-0.2, 0) is 0 Å². The minimum absolute atomic E-state index is 0.167. The molecule has 0 aromatic heterocycles. The molecule has 0 saturated heterocycles. The number of halogens is 1. The van der Waals surface area contributed by atoms with Gasteiger partial charge in [-0.15, -0.1) is 5.06 Å². The molecule has 1 unspecified atom stereocenters. The van der Waals surface area contributed by atoms with Gasteiger partial charge in [0.15, 0.2) is 5.75 Å². The average Bonchev–Trinajstić information content (AvgIpc) is 2.26. The molecular weight excluding hydrogens is 245 g/mol. The predicted molar refractivity (Wildman–Crippen MR) is 64.7 cm³/mol. The second-order valence-electron chi connectivity index (χ2n) is 3.46. The van der Waals surface area contributed by atoms with Gasteiger partial charge in [0.1, 0.15) is 5.82 Å². The minimum atomic E-state index is -1.20. The summed E-state index contributed by atoms with van der Waals surface area (Å²) in [4.78, 5) is 16.2. The Labute approximate surface area is 103 Å². The molecule has 0 saturated carbocycles. The SMILES string of the molecule is CSCC(C)N(Oc1cccc(F)c1)C(=O)O. The molecule has 1 aromatic rings. The Bertz CT molecular complexity index is 389. The zero-order valence-corrected chi connectivity index (χ0v) is 10.4. The Balaban J connectivity index is 2.76. The number of hydrogen-bond donors (Lipinski definition) is 1. The molecule has 4 nitrogen and oxygen atoms in total. The Morgan fingerprint density at radius 2 is 2.35 bits per heavy atom. The quantitative estimate of drug-likeness (QED) is 0.826. The fourth-order valence-corrected chi connectivity index (χ4v) is 1.88. The molecule has 0 spiro atoms. The van der Waals surface area contributed by atoms with Crippen molar-refractivity contribution >= 4 is 17.9 Å². The van der Waals surface area contributed by atoms with Crippen LogP contribution in [0.15, 0.2) is 24.3 Å². The largest absolute Gasteiger partial charge is 0.463 e. The molecule has 0 aliphatic carbocycles. The number of carboxylic acid groups (broad SMARTS) is 1.